The van der Waals surface area contributed by atoms with Crippen molar-refractivity contribution in [2.45, 2.75) is 13.8 Å². The maximum absolute atomic E-state index is 11.3. The van der Waals surface area contributed by atoms with Crippen LogP contribution in [0, 0.1) is 6.92 Å². The fourth-order valence-electron chi connectivity index (χ4n) is 1.64. The Bertz CT molecular complexity index is 580. The number of anilines is 2. The van der Waals surface area contributed by atoms with E-state index in [1.54, 1.807) is 18.3 Å². The minimum atomic E-state index is -0.300. The zero-order valence-electron chi connectivity index (χ0n) is 10.3. The summed E-state index contributed by atoms with van der Waals surface area (Å²) in [6.07, 6.45) is 0. The Morgan fingerprint density at radius 1 is 1.56 bits per heavy atom. The van der Waals surface area contributed by atoms with Gasteiger partial charge in [-0.3, -0.25) is 4.79 Å². The molecule has 6 heteroatoms. The molecule has 1 heterocycles. The second-order valence-corrected chi connectivity index (χ2v) is 5.03. The van der Waals surface area contributed by atoms with Crippen molar-refractivity contribution < 1.29 is 9.53 Å². The van der Waals surface area contributed by atoms with Crippen molar-refractivity contribution in [2.24, 2.45) is 0 Å². The number of benzene rings is 1. The first kappa shape index (κ1) is 12.6. The molecule has 0 saturated heterocycles. The normalized spacial score (nSPS) is 10.6. The highest BCUT2D eigenvalue weighted by Gasteiger charge is 2.08. The number of hydrogen-bond donors (Lipinski definition) is 2. The molecule has 96 valence electrons. The summed E-state index contributed by atoms with van der Waals surface area (Å²) in [5.41, 5.74) is 8.12. The molecule has 2 rings (SSSR count). The average Bonchev–Trinajstić information content (AvgIpc) is 2.65. The third kappa shape index (κ3) is 2.70. The van der Waals surface area contributed by atoms with E-state index in [1.807, 2.05) is 19.1 Å². The van der Waals surface area contributed by atoms with Crippen LogP contribution in [0.3, 0.4) is 0 Å². The molecule has 2 aromatic rings. The summed E-state index contributed by atoms with van der Waals surface area (Å²) in [5.74, 6) is -0.300. The number of thiazole rings is 1. The molecule has 5 nitrogen and oxygen atoms in total. The number of ether oxygens (including phenoxy) is 1. The molecule has 0 atom stereocenters. The number of esters is 1. The fraction of sp³-hybridized carbons (Fsp3) is 0.333. The number of aryl methyl sites for hydroxylation is 1. The number of nitrogens with zero attached hydrogens (tertiary/aromatic N) is 1. The second kappa shape index (κ2) is 5.22. The van der Waals surface area contributed by atoms with E-state index < -0.39 is 0 Å². The first-order valence-corrected chi connectivity index (χ1v) is 6.48. The van der Waals surface area contributed by atoms with Crippen molar-refractivity contribution in [1.82, 2.24) is 4.98 Å². The van der Waals surface area contributed by atoms with Gasteiger partial charge in [0, 0.05) is 0 Å². The number of carbonyl (C=O) groups is 1. The Balaban J connectivity index is 2.17. The third-order valence-electron chi connectivity index (χ3n) is 2.40. The number of nitrogens with two attached hydrogens (primary N) is 1. The van der Waals surface area contributed by atoms with Gasteiger partial charge in [-0.2, -0.15) is 0 Å². The zero-order valence-corrected chi connectivity index (χ0v) is 11.1. The van der Waals surface area contributed by atoms with Crippen LogP contribution in [0.15, 0.2) is 12.1 Å². The van der Waals surface area contributed by atoms with Gasteiger partial charge in [0.2, 0.25) is 0 Å². The molecule has 0 aliphatic carbocycles. The van der Waals surface area contributed by atoms with Crippen molar-refractivity contribution >= 4 is 38.9 Å². The van der Waals surface area contributed by atoms with Crippen LogP contribution in [-0.2, 0) is 9.53 Å². The molecule has 0 unspecified atom stereocenters. The molecular weight excluding hydrogens is 250 g/mol. The van der Waals surface area contributed by atoms with Gasteiger partial charge in [-0.25, -0.2) is 4.98 Å². The lowest BCUT2D eigenvalue weighted by molar-refractivity contribution is -0.140. The lowest BCUT2D eigenvalue weighted by atomic mass is 10.2. The summed E-state index contributed by atoms with van der Waals surface area (Å²) in [6, 6.07) is 3.72. The van der Waals surface area contributed by atoms with Gasteiger partial charge in [0.25, 0.3) is 0 Å². The van der Waals surface area contributed by atoms with E-state index in [1.165, 1.54) is 0 Å². The van der Waals surface area contributed by atoms with E-state index in [0.717, 1.165) is 15.2 Å². The summed E-state index contributed by atoms with van der Waals surface area (Å²) in [6.45, 7) is 4.20. The topological polar surface area (TPSA) is 77.2 Å². The highest BCUT2D eigenvalue weighted by molar-refractivity contribution is 7.18. The Labute approximate surface area is 109 Å². The minimum absolute atomic E-state index is 0.104. The molecular formula is C12H15N3O2S. The van der Waals surface area contributed by atoms with Crippen LogP contribution in [0.2, 0.25) is 0 Å². The van der Waals surface area contributed by atoms with E-state index in [9.17, 15) is 4.79 Å². The Hall–Kier alpha value is -1.82. The number of nitrogens with one attached hydrogen (secondary N) is 1. The largest absolute Gasteiger partial charge is 0.465 e. The molecule has 1 aromatic heterocycles. The van der Waals surface area contributed by atoms with Crippen molar-refractivity contribution in [3.63, 3.8) is 0 Å². The second-order valence-electron chi connectivity index (χ2n) is 3.80. The van der Waals surface area contributed by atoms with Crippen LogP contribution >= 0.6 is 11.3 Å². The number of nitrogen functional groups attached to an aromatic ring is 1. The molecule has 0 amide bonds. The molecule has 0 aliphatic heterocycles. The van der Waals surface area contributed by atoms with Gasteiger partial charge in [-0.05, 0) is 26.0 Å². The standard InChI is InChI=1S/C12H15N3O2S/c1-3-17-12(16)6-14-9-5-10-11(4-8(9)13)18-7(2)15-10/h4-5,14H,3,6,13H2,1-2H3. The van der Waals surface area contributed by atoms with E-state index in [0.29, 0.717) is 18.0 Å². The van der Waals surface area contributed by atoms with Crippen LogP contribution in [-0.4, -0.2) is 24.1 Å². The minimum Gasteiger partial charge on any atom is -0.465 e. The van der Waals surface area contributed by atoms with Gasteiger partial charge in [0.15, 0.2) is 0 Å². The summed E-state index contributed by atoms with van der Waals surface area (Å²) in [4.78, 5) is 15.6. The van der Waals surface area contributed by atoms with Crippen LogP contribution in [0.25, 0.3) is 10.2 Å². The molecule has 1 aromatic carbocycles. The number of aromatic nitrogens is 1. The zero-order chi connectivity index (χ0) is 13.1. The highest BCUT2D eigenvalue weighted by atomic mass is 32.1. The summed E-state index contributed by atoms with van der Waals surface area (Å²) < 4.78 is 5.89. The van der Waals surface area contributed by atoms with Crippen LogP contribution in [0.4, 0.5) is 11.4 Å². The van der Waals surface area contributed by atoms with Crippen molar-refractivity contribution in [3.8, 4) is 0 Å². The van der Waals surface area contributed by atoms with Gasteiger partial charge in [0.1, 0.15) is 6.54 Å². The summed E-state index contributed by atoms with van der Waals surface area (Å²) in [5, 5.41) is 3.96. The van der Waals surface area contributed by atoms with Crippen LogP contribution < -0.4 is 11.1 Å². The molecule has 0 spiro atoms. The Morgan fingerprint density at radius 3 is 3.06 bits per heavy atom. The highest BCUT2D eigenvalue weighted by Crippen LogP contribution is 2.29. The van der Waals surface area contributed by atoms with Gasteiger partial charge in [-0.1, -0.05) is 0 Å². The van der Waals surface area contributed by atoms with E-state index >= 15 is 0 Å². The average molecular weight is 265 g/mol. The lowest BCUT2D eigenvalue weighted by Crippen LogP contribution is -2.17. The Morgan fingerprint density at radius 2 is 2.33 bits per heavy atom. The molecule has 0 fully saturated rings. The summed E-state index contributed by atoms with van der Waals surface area (Å²) in [7, 11) is 0. The smallest absolute Gasteiger partial charge is 0.325 e. The van der Waals surface area contributed by atoms with E-state index in [-0.39, 0.29) is 12.5 Å². The molecule has 18 heavy (non-hydrogen) atoms. The van der Waals surface area contributed by atoms with Crippen LogP contribution in [0.5, 0.6) is 0 Å². The number of rotatable bonds is 4. The molecule has 0 aliphatic rings. The molecule has 0 bridgehead atoms. The molecule has 0 radical (unpaired) electrons. The lowest BCUT2D eigenvalue weighted by Gasteiger charge is -2.08. The molecule has 0 saturated carbocycles. The van der Waals surface area contributed by atoms with E-state index in [4.69, 9.17) is 10.5 Å². The van der Waals surface area contributed by atoms with E-state index in [2.05, 4.69) is 10.3 Å². The number of fused-ring (bicyclic) bond motifs is 1. The predicted octanol–water partition coefficient (Wildman–Crippen LogP) is 2.16. The quantitative estimate of drug-likeness (QED) is 0.654. The number of carbonyl (C=O) groups excluding carboxylic acids is 1. The maximum atomic E-state index is 11.3. The molecule has 3 N–H and O–H groups in total. The van der Waals surface area contributed by atoms with Crippen molar-refractivity contribution in [2.75, 3.05) is 24.2 Å². The first-order valence-electron chi connectivity index (χ1n) is 5.66. The third-order valence-corrected chi connectivity index (χ3v) is 3.33. The SMILES string of the molecule is CCOC(=O)CNc1cc2nc(C)sc2cc1N. The van der Waals surface area contributed by atoms with Crippen LogP contribution in [0.1, 0.15) is 11.9 Å². The van der Waals surface area contributed by atoms with Gasteiger partial charge >= 0.3 is 5.97 Å². The van der Waals surface area contributed by atoms with Gasteiger partial charge < -0.3 is 15.8 Å². The Kier molecular flexibility index (Phi) is 3.66. The predicted molar refractivity (Wildman–Crippen MR) is 73.9 cm³/mol. The van der Waals surface area contributed by atoms with Gasteiger partial charge in [0.05, 0.1) is 33.2 Å². The first-order chi connectivity index (χ1) is 8.60. The van der Waals surface area contributed by atoms with Crippen molar-refractivity contribution in [1.29, 1.82) is 0 Å². The monoisotopic (exact) mass is 265 g/mol. The summed E-state index contributed by atoms with van der Waals surface area (Å²) >= 11 is 1.60. The number of hydrogen-bond acceptors (Lipinski definition) is 6. The van der Waals surface area contributed by atoms with Gasteiger partial charge in [-0.15, -0.1) is 11.3 Å². The fourth-order valence-corrected chi connectivity index (χ4v) is 2.49. The van der Waals surface area contributed by atoms with Crippen molar-refractivity contribution in [3.05, 3.63) is 17.1 Å². The maximum Gasteiger partial charge on any atom is 0.325 e.